The highest BCUT2D eigenvalue weighted by molar-refractivity contribution is 7.90. The molecule has 9 heteroatoms. The largest absolute Gasteiger partial charge is 0.409 e. The Balaban J connectivity index is 3.06. The number of nitrogens with one attached hydrogen (secondary N) is 1. The lowest BCUT2D eigenvalue weighted by atomic mass is 10.2. The zero-order valence-corrected chi connectivity index (χ0v) is 12.1. The van der Waals surface area contributed by atoms with Crippen molar-refractivity contribution >= 4 is 21.7 Å². The zero-order valence-electron chi connectivity index (χ0n) is 11.3. The van der Waals surface area contributed by atoms with Gasteiger partial charge in [0, 0.05) is 18.7 Å². The second-order valence-corrected chi connectivity index (χ2v) is 6.13. The van der Waals surface area contributed by atoms with Crippen molar-refractivity contribution in [3.05, 3.63) is 29.6 Å². The van der Waals surface area contributed by atoms with Gasteiger partial charge in [-0.3, -0.25) is 4.72 Å². The van der Waals surface area contributed by atoms with Crippen molar-refractivity contribution < 1.29 is 18.0 Å². The van der Waals surface area contributed by atoms with Crippen LogP contribution in [0.4, 0.5) is 10.1 Å². The highest BCUT2D eigenvalue weighted by Gasteiger charge is 2.21. The van der Waals surface area contributed by atoms with Gasteiger partial charge in [-0.1, -0.05) is 5.16 Å². The molecule has 0 spiro atoms. The van der Waals surface area contributed by atoms with Crippen LogP contribution in [-0.2, 0) is 10.2 Å². The topological polar surface area (TPSA) is 108 Å². The van der Waals surface area contributed by atoms with Crippen molar-refractivity contribution in [2.75, 3.05) is 11.8 Å². The number of nitrogens with two attached hydrogens (primary N) is 1. The molecule has 0 saturated carbocycles. The Hall–Kier alpha value is -1.87. The summed E-state index contributed by atoms with van der Waals surface area (Å²) in [4.78, 5) is 0. The van der Waals surface area contributed by atoms with Crippen molar-refractivity contribution in [1.82, 2.24) is 4.31 Å². The molecule has 7 nitrogen and oxygen atoms in total. The van der Waals surface area contributed by atoms with E-state index in [-0.39, 0.29) is 23.1 Å². The van der Waals surface area contributed by atoms with Crippen molar-refractivity contribution in [3.8, 4) is 0 Å². The van der Waals surface area contributed by atoms with Gasteiger partial charge in [-0.05, 0) is 32.0 Å². The Labute approximate surface area is 117 Å². The average molecular weight is 304 g/mol. The van der Waals surface area contributed by atoms with Gasteiger partial charge in [0.1, 0.15) is 5.82 Å². The number of anilines is 1. The molecule has 0 saturated heterocycles. The van der Waals surface area contributed by atoms with Crippen LogP contribution in [0.3, 0.4) is 0 Å². The summed E-state index contributed by atoms with van der Waals surface area (Å²) < 4.78 is 40.9. The molecule has 20 heavy (non-hydrogen) atoms. The number of rotatable bonds is 5. The van der Waals surface area contributed by atoms with Crippen molar-refractivity contribution in [3.63, 3.8) is 0 Å². The van der Waals surface area contributed by atoms with Crippen LogP contribution in [0.5, 0.6) is 0 Å². The van der Waals surface area contributed by atoms with Crippen LogP contribution in [0.2, 0.25) is 0 Å². The molecular weight excluding hydrogens is 287 g/mol. The third-order valence-corrected chi connectivity index (χ3v) is 4.38. The third-order valence-electron chi connectivity index (χ3n) is 2.72. The lowest BCUT2D eigenvalue weighted by Crippen LogP contribution is -2.37. The van der Waals surface area contributed by atoms with Crippen LogP contribution < -0.4 is 10.5 Å². The Morgan fingerprint density at radius 3 is 2.55 bits per heavy atom. The molecule has 1 aromatic carbocycles. The van der Waals surface area contributed by atoms with E-state index in [0.717, 1.165) is 10.4 Å². The lowest BCUT2D eigenvalue weighted by molar-refractivity contribution is 0.318. The van der Waals surface area contributed by atoms with Gasteiger partial charge >= 0.3 is 10.2 Å². The van der Waals surface area contributed by atoms with Crippen LogP contribution in [-0.4, -0.2) is 36.9 Å². The number of amidine groups is 1. The Kier molecular flexibility index (Phi) is 4.90. The zero-order chi connectivity index (χ0) is 15.5. The van der Waals surface area contributed by atoms with E-state index >= 15 is 0 Å². The van der Waals surface area contributed by atoms with Crippen LogP contribution in [0.25, 0.3) is 0 Å². The summed E-state index contributed by atoms with van der Waals surface area (Å²) in [5.74, 6) is -1.09. The summed E-state index contributed by atoms with van der Waals surface area (Å²) in [5, 5.41) is 11.2. The number of halogens is 1. The van der Waals surface area contributed by atoms with E-state index in [4.69, 9.17) is 10.9 Å². The fourth-order valence-electron chi connectivity index (χ4n) is 1.30. The molecule has 0 heterocycles. The van der Waals surface area contributed by atoms with Crippen LogP contribution in [0.1, 0.15) is 19.4 Å². The fraction of sp³-hybridized carbons (Fsp3) is 0.364. The van der Waals surface area contributed by atoms with Gasteiger partial charge in [0.2, 0.25) is 0 Å². The van der Waals surface area contributed by atoms with Crippen LogP contribution >= 0.6 is 0 Å². The minimum absolute atomic E-state index is 0.144. The first-order chi connectivity index (χ1) is 9.19. The number of hydrogen-bond acceptors (Lipinski definition) is 4. The summed E-state index contributed by atoms with van der Waals surface area (Å²) >= 11 is 0. The van der Waals surface area contributed by atoms with Crippen molar-refractivity contribution in [2.24, 2.45) is 10.9 Å². The molecule has 112 valence electrons. The molecule has 1 rings (SSSR count). The SMILES string of the molecule is CC(C)N(C)S(=O)(=O)Nc1ccc(/C(N)=N/O)cc1F. The highest BCUT2D eigenvalue weighted by Crippen LogP contribution is 2.18. The molecule has 0 aliphatic carbocycles. The molecule has 0 aliphatic heterocycles. The highest BCUT2D eigenvalue weighted by atomic mass is 32.2. The maximum Gasteiger partial charge on any atom is 0.301 e. The first-order valence-corrected chi connectivity index (χ1v) is 7.16. The minimum atomic E-state index is -3.84. The number of oxime groups is 1. The fourth-order valence-corrected chi connectivity index (χ4v) is 2.45. The first-order valence-electron chi connectivity index (χ1n) is 5.72. The predicted molar refractivity (Wildman–Crippen MR) is 74.4 cm³/mol. The van der Waals surface area contributed by atoms with Gasteiger partial charge in [0.05, 0.1) is 5.69 Å². The average Bonchev–Trinajstić information content (AvgIpc) is 2.38. The third kappa shape index (κ3) is 3.58. The van der Waals surface area contributed by atoms with Gasteiger partial charge in [0.15, 0.2) is 5.84 Å². The molecule has 0 fully saturated rings. The smallest absolute Gasteiger partial charge is 0.301 e. The maximum absolute atomic E-state index is 13.8. The van der Waals surface area contributed by atoms with E-state index in [1.54, 1.807) is 13.8 Å². The number of nitrogens with zero attached hydrogens (tertiary/aromatic N) is 2. The summed E-state index contributed by atoms with van der Waals surface area (Å²) in [6, 6.07) is 3.24. The molecule has 1 aromatic rings. The Morgan fingerprint density at radius 1 is 1.50 bits per heavy atom. The molecule has 0 radical (unpaired) electrons. The van der Waals surface area contributed by atoms with E-state index in [0.29, 0.717) is 0 Å². The first kappa shape index (κ1) is 16.2. The maximum atomic E-state index is 13.8. The summed E-state index contributed by atoms with van der Waals surface area (Å²) in [5.41, 5.74) is 5.24. The van der Waals surface area contributed by atoms with Crippen molar-refractivity contribution in [1.29, 1.82) is 0 Å². The van der Waals surface area contributed by atoms with E-state index in [2.05, 4.69) is 9.88 Å². The van der Waals surface area contributed by atoms with Gasteiger partial charge in [-0.25, -0.2) is 4.39 Å². The Morgan fingerprint density at radius 2 is 2.10 bits per heavy atom. The molecule has 0 aromatic heterocycles. The monoisotopic (exact) mass is 304 g/mol. The van der Waals surface area contributed by atoms with E-state index in [9.17, 15) is 12.8 Å². The predicted octanol–water partition coefficient (Wildman–Crippen LogP) is 0.917. The molecule has 0 unspecified atom stereocenters. The number of benzene rings is 1. The van der Waals surface area contributed by atoms with Gasteiger partial charge in [0.25, 0.3) is 0 Å². The molecule has 0 aliphatic rings. The minimum Gasteiger partial charge on any atom is -0.409 e. The van der Waals surface area contributed by atoms with E-state index in [1.807, 2.05) is 0 Å². The van der Waals surface area contributed by atoms with Gasteiger partial charge < -0.3 is 10.9 Å². The van der Waals surface area contributed by atoms with Crippen molar-refractivity contribution in [2.45, 2.75) is 19.9 Å². The Bertz CT molecular complexity index is 616. The number of hydrogen-bond donors (Lipinski definition) is 3. The standard InChI is InChI=1S/C11H17FN4O3S/c1-7(2)16(3)20(18,19)15-10-5-4-8(6-9(10)12)11(13)14-17/h4-7,15,17H,1-3H3,(H2,13,14). The second-order valence-electron chi connectivity index (χ2n) is 4.40. The van der Waals surface area contributed by atoms with Gasteiger partial charge in [-0.15, -0.1) is 0 Å². The van der Waals surface area contributed by atoms with Gasteiger partial charge in [-0.2, -0.15) is 12.7 Å². The van der Waals surface area contributed by atoms with Crippen LogP contribution in [0, 0.1) is 5.82 Å². The molecule has 4 N–H and O–H groups in total. The molecule has 0 bridgehead atoms. The van der Waals surface area contributed by atoms with E-state index < -0.39 is 16.0 Å². The summed E-state index contributed by atoms with van der Waals surface area (Å²) in [6.45, 7) is 3.38. The summed E-state index contributed by atoms with van der Waals surface area (Å²) in [7, 11) is -2.46. The van der Waals surface area contributed by atoms with Crippen LogP contribution in [0.15, 0.2) is 23.4 Å². The normalized spacial score (nSPS) is 13.0. The quantitative estimate of drug-likeness (QED) is 0.325. The molecule has 0 amide bonds. The lowest BCUT2D eigenvalue weighted by Gasteiger charge is -2.21. The van der Waals surface area contributed by atoms with E-state index in [1.165, 1.54) is 19.2 Å². The molecule has 0 atom stereocenters. The summed E-state index contributed by atoms with van der Waals surface area (Å²) in [6.07, 6.45) is 0. The molecular formula is C11H17FN4O3S. The second kappa shape index (κ2) is 6.06.